The van der Waals surface area contributed by atoms with E-state index in [1.165, 1.54) is 0 Å². The van der Waals surface area contributed by atoms with Crippen LogP contribution in [-0.4, -0.2) is 12.4 Å². The Hall–Kier alpha value is -2.09. The molecule has 0 radical (unpaired) electrons. The Bertz CT molecular complexity index is 594. The smallest absolute Gasteiger partial charge is 0.167 e. The van der Waals surface area contributed by atoms with E-state index in [0.717, 1.165) is 16.9 Å². The van der Waals surface area contributed by atoms with Crippen LogP contribution in [0.1, 0.15) is 36.7 Å². The molecule has 0 saturated carbocycles. The second-order valence-electron chi connectivity index (χ2n) is 6.46. The molecule has 0 fully saturated rings. The fraction of sp³-hybridized carbons (Fsp3) is 0.316. The van der Waals surface area contributed by atoms with E-state index in [1.807, 2.05) is 54.6 Å². The van der Waals surface area contributed by atoms with Crippen molar-refractivity contribution in [1.29, 1.82) is 0 Å². The first-order chi connectivity index (χ1) is 9.94. The Balaban J connectivity index is 2.03. The molecule has 2 heteroatoms. The number of ketones is 1. The van der Waals surface area contributed by atoms with E-state index in [1.54, 1.807) is 0 Å². The van der Waals surface area contributed by atoms with Gasteiger partial charge in [0.1, 0.15) is 5.75 Å². The number of rotatable bonds is 5. The van der Waals surface area contributed by atoms with Crippen molar-refractivity contribution in [2.24, 2.45) is 5.41 Å². The van der Waals surface area contributed by atoms with E-state index in [9.17, 15) is 4.79 Å². The fourth-order valence-electron chi connectivity index (χ4n) is 1.96. The number of hydrogen-bond donors (Lipinski definition) is 0. The van der Waals surface area contributed by atoms with Gasteiger partial charge in [0.15, 0.2) is 5.78 Å². The largest absolute Gasteiger partial charge is 0.493 e. The zero-order valence-corrected chi connectivity index (χ0v) is 12.9. The molecule has 0 aliphatic carbocycles. The number of carbonyl (C=O) groups excluding carboxylic acids is 1. The summed E-state index contributed by atoms with van der Waals surface area (Å²) in [6.07, 6.45) is 0.400. The SMILES string of the molecule is CC(C)(C)COc1cccc(CC(=O)c2ccccc2)c1. The molecule has 0 heterocycles. The van der Waals surface area contributed by atoms with Crippen molar-refractivity contribution in [3.63, 3.8) is 0 Å². The monoisotopic (exact) mass is 282 g/mol. The summed E-state index contributed by atoms with van der Waals surface area (Å²) >= 11 is 0. The summed E-state index contributed by atoms with van der Waals surface area (Å²) in [5, 5.41) is 0. The molecule has 0 aliphatic heterocycles. The van der Waals surface area contributed by atoms with Crippen LogP contribution in [0, 0.1) is 5.41 Å². The molecule has 0 spiro atoms. The van der Waals surface area contributed by atoms with Gasteiger partial charge >= 0.3 is 0 Å². The Morgan fingerprint density at radius 1 is 1.00 bits per heavy atom. The normalized spacial score (nSPS) is 11.2. The van der Waals surface area contributed by atoms with E-state index in [-0.39, 0.29) is 11.2 Å². The standard InChI is InChI=1S/C19H22O2/c1-19(2,3)14-21-17-11-7-8-15(12-17)13-18(20)16-9-5-4-6-10-16/h4-12H,13-14H2,1-3H3. The van der Waals surface area contributed by atoms with Crippen molar-refractivity contribution in [3.8, 4) is 5.75 Å². The predicted molar refractivity (Wildman–Crippen MR) is 85.9 cm³/mol. The van der Waals surface area contributed by atoms with Crippen LogP contribution in [-0.2, 0) is 6.42 Å². The van der Waals surface area contributed by atoms with Crippen molar-refractivity contribution in [3.05, 3.63) is 65.7 Å². The average Bonchev–Trinajstić information content (AvgIpc) is 2.46. The molecule has 0 saturated heterocycles. The van der Waals surface area contributed by atoms with Crippen molar-refractivity contribution >= 4 is 5.78 Å². The minimum absolute atomic E-state index is 0.121. The van der Waals surface area contributed by atoms with E-state index < -0.39 is 0 Å². The van der Waals surface area contributed by atoms with E-state index >= 15 is 0 Å². The van der Waals surface area contributed by atoms with Gasteiger partial charge < -0.3 is 4.74 Å². The molecule has 2 nitrogen and oxygen atoms in total. The van der Waals surface area contributed by atoms with Crippen LogP contribution in [0.4, 0.5) is 0 Å². The number of hydrogen-bond acceptors (Lipinski definition) is 2. The Kier molecular flexibility index (Phi) is 4.79. The summed E-state index contributed by atoms with van der Waals surface area (Å²) in [5.41, 5.74) is 1.85. The first-order valence-electron chi connectivity index (χ1n) is 7.24. The van der Waals surface area contributed by atoms with Gasteiger partial charge in [0, 0.05) is 12.0 Å². The van der Waals surface area contributed by atoms with Gasteiger partial charge in [-0.1, -0.05) is 63.2 Å². The van der Waals surface area contributed by atoms with Crippen LogP contribution in [0.2, 0.25) is 0 Å². The molecule has 0 bridgehead atoms. The average molecular weight is 282 g/mol. The summed E-state index contributed by atoms with van der Waals surface area (Å²) < 4.78 is 5.79. The second-order valence-corrected chi connectivity index (χ2v) is 6.46. The molecule has 0 aromatic heterocycles. The summed E-state index contributed by atoms with van der Waals surface area (Å²) in [7, 11) is 0. The Morgan fingerprint density at radius 2 is 1.71 bits per heavy atom. The van der Waals surface area contributed by atoms with Gasteiger partial charge in [0.25, 0.3) is 0 Å². The van der Waals surface area contributed by atoms with E-state index in [2.05, 4.69) is 20.8 Å². The summed E-state index contributed by atoms with van der Waals surface area (Å²) in [6.45, 7) is 7.06. The molecule has 0 amide bonds. The van der Waals surface area contributed by atoms with Crippen LogP contribution in [0.3, 0.4) is 0 Å². The lowest BCUT2D eigenvalue weighted by Crippen LogP contribution is -2.16. The third kappa shape index (κ3) is 5.07. The maximum atomic E-state index is 12.2. The van der Waals surface area contributed by atoms with Crippen LogP contribution in [0.15, 0.2) is 54.6 Å². The molecule has 0 unspecified atom stereocenters. The van der Waals surface area contributed by atoms with E-state index in [0.29, 0.717) is 13.0 Å². The number of Topliss-reactive ketones (excluding diaryl/α,β-unsaturated/α-hetero) is 1. The third-order valence-electron chi connectivity index (χ3n) is 3.03. The molecular weight excluding hydrogens is 260 g/mol. The molecule has 110 valence electrons. The van der Waals surface area contributed by atoms with Crippen LogP contribution in [0.5, 0.6) is 5.75 Å². The highest BCUT2D eigenvalue weighted by Crippen LogP contribution is 2.19. The van der Waals surface area contributed by atoms with Crippen molar-refractivity contribution in [1.82, 2.24) is 0 Å². The van der Waals surface area contributed by atoms with Gasteiger partial charge in [-0.15, -0.1) is 0 Å². The van der Waals surface area contributed by atoms with Gasteiger partial charge in [-0.3, -0.25) is 4.79 Å². The maximum Gasteiger partial charge on any atom is 0.167 e. The lowest BCUT2D eigenvalue weighted by molar-refractivity contribution is 0.0993. The zero-order chi connectivity index (χ0) is 15.3. The molecule has 21 heavy (non-hydrogen) atoms. The summed E-state index contributed by atoms with van der Waals surface area (Å²) in [5.74, 6) is 0.951. The lowest BCUT2D eigenvalue weighted by Gasteiger charge is -2.19. The minimum Gasteiger partial charge on any atom is -0.493 e. The highest BCUT2D eigenvalue weighted by atomic mass is 16.5. The van der Waals surface area contributed by atoms with Gasteiger partial charge in [-0.25, -0.2) is 0 Å². The van der Waals surface area contributed by atoms with Gasteiger partial charge in [-0.2, -0.15) is 0 Å². The quantitative estimate of drug-likeness (QED) is 0.753. The maximum absolute atomic E-state index is 12.2. The highest BCUT2D eigenvalue weighted by Gasteiger charge is 2.12. The van der Waals surface area contributed by atoms with Gasteiger partial charge in [0.2, 0.25) is 0 Å². The van der Waals surface area contributed by atoms with Gasteiger partial charge in [-0.05, 0) is 23.1 Å². The van der Waals surface area contributed by atoms with Crippen LogP contribution < -0.4 is 4.74 Å². The summed E-state index contributed by atoms with van der Waals surface area (Å²) in [6, 6.07) is 17.2. The first kappa shape index (κ1) is 15.3. The number of ether oxygens (including phenoxy) is 1. The second kappa shape index (κ2) is 6.57. The molecule has 2 aromatic carbocycles. The van der Waals surface area contributed by atoms with Crippen molar-refractivity contribution in [2.45, 2.75) is 27.2 Å². The topological polar surface area (TPSA) is 26.3 Å². The number of carbonyl (C=O) groups is 1. The fourth-order valence-corrected chi connectivity index (χ4v) is 1.96. The van der Waals surface area contributed by atoms with Crippen molar-refractivity contribution < 1.29 is 9.53 Å². The van der Waals surface area contributed by atoms with E-state index in [4.69, 9.17) is 4.74 Å². The Morgan fingerprint density at radius 3 is 2.38 bits per heavy atom. The predicted octanol–water partition coefficient (Wildman–Crippen LogP) is 4.54. The molecule has 0 N–H and O–H groups in total. The summed E-state index contributed by atoms with van der Waals surface area (Å²) in [4.78, 5) is 12.2. The Labute approximate surface area is 126 Å². The molecule has 2 aromatic rings. The number of benzene rings is 2. The molecule has 0 atom stereocenters. The molecule has 2 rings (SSSR count). The zero-order valence-electron chi connectivity index (χ0n) is 12.9. The minimum atomic E-state index is 0.121. The molecule has 0 aliphatic rings. The lowest BCUT2D eigenvalue weighted by atomic mass is 9.98. The molecular formula is C19H22O2. The van der Waals surface area contributed by atoms with Crippen LogP contribution in [0.25, 0.3) is 0 Å². The highest BCUT2D eigenvalue weighted by molar-refractivity contribution is 5.97. The van der Waals surface area contributed by atoms with Gasteiger partial charge in [0.05, 0.1) is 6.61 Å². The van der Waals surface area contributed by atoms with Crippen molar-refractivity contribution in [2.75, 3.05) is 6.61 Å². The third-order valence-corrected chi connectivity index (χ3v) is 3.03. The first-order valence-corrected chi connectivity index (χ1v) is 7.24. The van der Waals surface area contributed by atoms with Crippen LogP contribution >= 0.6 is 0 Å².